The number of sulfonamides is 1. The van der Waals surface area contributed by atoms with Gasteiger partial charge in [0, 0.05) is 31.4 Å². The third-order valence-corrected chi connectivity index (χ3v) is 6.49. The highest BCUT2D eigenvalue weighted by atomic mass is 32.2. The number of rotatable bonds is 7. The van der Waals surface area contributed by atoms with Crippen LogP contribution in [0, 0.1) is 5.92 Å². The second-order valence-corrected chi connectivity index (χ2v) is 8.87. The van der Waals surface area contributed by atoms with Gasteiger partial charge in [0.1, 0.15) is 0 Å². The molecule has 150 valence electrons. The predicted molar refractivity (Wildman–Crippen MR) is 107 cm³/mol. The molecule has 8 heteroatoms. The van der Waals surface area contributed by atoms with Crippen LogP contribution in [0.4, 0.5) is 0 Å². The molecule has 1 aromatic heterocycles. The minimum atomic E-state index is -3.44. The number of benzene rings is 1. The van der Waals surface area contributed by atoms with Gasteiger partial charge >= 0.3 is 0 Å². The average molecular weight is 403 g/mol. The first-order valence-electron chi connectivity index (χ1n) is 9.39. The molecular formula is C20H26N4O3S. The maximum atomic E-state index is 12.5. The maximum absolute atomic E-state index is 12.5. The minimum absolute atomic E-state index is 0.0223. The Morgan fingerprint density at radius 1 is 1.14 bits per heavy atom. The monoisotopic (exact) mass is 402 g/mol. The number of nitrogens with zero attached hydrogens (tertiary/aromatic N) is 2. The van der Waals surface area contributed by atoms with Gasteiger partial charge in [-0.1, -0.05) is 18.2 Å². The van der Waals surface area contributed by atoms with Gasteiger partial charge in [0.15, 0.2) is 0 Å². The van der Waals surface area contributed by atoms with Crippen LogP contribution < -0.4 is 10.0 Å². The van der Waals surface area contributed by atoms with Crippen LogP contribution in [0.1, 0.15) is 24.0 Å². The first kappa shape index (κ1) is 20.4. The quantitative estimate of drug-likeness (QED) is 0.733. The highest BCUT2D eigenvalue weighted by Crippen LogP contribution is 2.19. The molecule has 0 aliphatic carbocycles. The molecule has 3 rings (SSSR count). The number of hydrogen-bond donors (Lipinski definition) is 2. The summed E-state index contributed by atoms with van der Waals surface area (Å²) in [5.41, 5.74) is 2.06. The van der Waals surface area contributed by atoms with Crippen LogP contribution in [-0.2, 0) is 27.9 Å². The fraction of sp³-hybridized carbons (Fsp3) is 0.400. The van der Waals surface area contributed by atoms with Gasteiger partial charge in [0.05, 0.1) is 4.90 Å². The van der Waals surface area contributed by atoms with Crippen molar-refractivity contribution in [3.63, 3.8) is 0 Å². The summed E-state index contributed by atoms with van der Waals surface area (Å²) in [6.45, 7) is 3.05. The van der Waals surface area contributed by atoms with E-state index >= 15 is 0 Å². The molecule has 2 N–H and O–H groups in total. The van der Waals surface area contributed by atoms with E-state index in [0.717, 1.165) is 38.0 Å². The molecule has 1 aliphatic rings. The standard InChI is InChI=1S/C20H26N4O3S/c1-21-28(26,27)19-6-4-16(5-7-19)14-23-20(25)18-8-11-24(12-9-18)15-17-3-2-10-22-13-17/h2-7,10,13,18,21H,8-9,11-12,14-15H2,1H3,(H,23,25). The molecule has 1 aromatic carbocycles. The molecule has 0 bridgehead atoms. The number of carbonyl (C=O) groups excluding carboxylic acids is 1. The van der Waals surface area contributed by atoms with Gasteiger partial charge in [-0.05, 0) is 62.3 Å². The second-order valence-electron chi connectivity index (χ2n) is 6.98. The van der Waals surface area contributed by atoms with Gasteiger partial charge in [0.25, 0.3) is 0 Å². The van der Waals surface area contributed by atoms with Crippen molar-refractivity contribution in [2.24, 2.45) is 5.92 Å². The highest BCUT2D eigenvalue weighted by Gasteiger charge is 2.24. The lowest BCUT2D eigenvalue weighted by Gasteiger charge is -2.31. The summed E-state index contributed by atoms with van der Waals surface area (Å²) < 4.78 is 25.8. The lowest BCUT2D eigenvalue weighted by molar-refractivity contribution is -0.126. The van der Waals surface area contributed by atoms with Crippen LogP contribution in [0.15, 0.2) is 53.7 Å². The Bertz CT molecular complexity index is 877. The summed E-state index contributed by atoms with van der Waals surface area (Å²) >= 11 is 0. The summed E-state index contributed by atoms with van der Waals surface area (Å²) in [6, 6.07) is 10.5. The maximum Gasteiger partial charge on any atom is 0.240 e. The van der Waals surface area contributed by atoms with Crippen molar-refractivity contribution < 1.29 is 13.2 Å². The molecule has 1 aliphatic heterocycles. The Morgan fingerprint density at radius 2 is 1.86 bits per heavy atom. The zero-order valence-corrected chi connectivity index (χ0v) is 16.8. The fourth-order valence-electron chi connectivity index (χ4n) is 3.34. The third-order valence-electron chi connectivity index (χ3n) is 5.06. The Balaban J connectivity index is 1.44. The lowest BCUT2D eigenvalue weighted by atomic mass is 9.95. The van der Waals surface area contributed by atoms with Crippen LogP contribution in [0.3, 0.4) is 0 Å². The molecule has 0 spiro atoms. The zero-order valence-electron chi connectivity index (χ0n) is 16.0. The topological polar surface area (TPSA) is 91.4 Å². The molecule has 7 nitrogen and oxygen atoms in total. The van der Waals surface area contributed by atoms with Crippen molar-refractivity contribution in [1.29, 1.82) is 0 Å². The van der Waals surface area contributed by atoms with Crippen molar-refractivity contribution in [2.75, 3.05) is 20.1 Å². The van der Waals surface area contributed by atoms with E-state index in [-0.39, 0.29) is 16.7 Å². The molecular weight excluding hydrogens is 376 g/mol. The Labute approximate surface area is 166 Å². The normalized spacial score (nSPS) is 16.0. The van der Waals surface area contributed by atoms with Crippen LogP contribution in [0.5, 0.6) is 0 Å². The van der Waals surface area contributed by atoms with E-state index in [0.29, 0.717) is 6.54 Å². The number of likely N-dealkylation sites (tertiary alicyclic amines) is 1. The van der Waals surface area contributed by atoms with E-state index in [9.17, 15) is 13.2 Å². The summed E-state index contributed by atoms with van der Waals surface area (Å²) in [7, 11) is -2.06. The molecule has 1 amide bonds. The fourth-order valence-corrected chi connectivity index (χ4v) is 4.07. The average Bonchev–Trinajstić information content (AvgIpc) is 2.73. The smallest absolute Gasteiger partial charge is 0.240 e. The molecule has 2 heterocycles. The van der Waals surface area contributed by atoms with E-state index in [4.69, 9.17) is 0 Å². The number of hydrogen-bond acceptors (Lipinski definition) is 5. The second kappa shape index (κ2) is 9.27. The Kier molecular flexibility index (Phi) is 6.77. The number of piperidine rings is 1. The molecule has 0 saturated carbocycles. The van der Waals surface area contributed by atoms with Crippen LogP contribution in [-0.4, -0.2) is 44.3 Å². The molecule has 2 aromatic rings. The summed E-state index contributed by atoms with van der Waals surface area (Å²) in [5, 5.41) is 2.97. The summed E-state index contributed by atoms with van der Waals surface area (Å²) in [4.78, 5) is 19.2. The molecule has 28 heavy (non-hydrogen) atoms. The van der Waals surface area contributed by atoms with Crippen LogP contribution >= 0.6 is 0 Å². The van der Waals surface area contributed by atoms with Gasteiger partial charge in [-0.15, -0.1) is 0 Å². The van der Waals surface area contributed by atoms with Gasteiger partial charge in [-0.2, -0.15) is 0 Å². The van der Waals surface area contributed by atoms with Crippen LogP contribution in [0.25, 0.3) is 0 Å². The van der Waals surface area contributed by atoms with Gasteiger partial charge in [0.2, 0.25) is 15.9 Å². The first-order chi connectivity index (χ1) is 13.5. The number of nitrogens with one attached hydrogen (secondary N) is 2. The SMILES string of the molecule is CNS(=O)(=O)c1ccc(CNC(=O)C2CCN(Cc3cccnc3)CC2)cc1. The van der Waals surface area contributed by atoms with E-state index in [1.54, 1.807) is 30.5 Å². The number of amides is 1. The number of carbonyl (C=O) groups is 1. The van der Waals surface area contributed by atoms with Crippen molar-refractivity contribution in [3.8, 4) is 0 Å². The largest absolute Gasteiger partial charge is 0.352 e. The molecule has 1 fully saturated rings. The zero-order chi connectivity index (χ0) is 20.0. The first-order valence-corrected chi connectivity index (χ1v) is 10.9. The molecule has 0 radical (unpaired) electrons. The van der Waals surface area contributed by atoms with E-state index in [1.165, 1.54) is 12.6 Å². The van der Waals surface area contributed by atoms with Crippen molar-refractivity contribution in [3.05, 3.63) is 59.9 Å². The number of pyridine rings is 1. The Hall–Kier alpha value is -2.29. The predicted octanol–water partition coefficient (Wildman–Crippen LogP) is 1.52. The summed E-state index contributed by atoms with van der Waals surface area (Å²) in [6.07, 6.45) is 5.33. The lowest BCUT2D eigenvalue weighted by Crippen LogP contribution is -2.40. The summed E-state index contributed by atoms with van der Waals surface area (Å²) in [5.74, 6) is 0.0852. The third kappa shape index (κ3) is 5.37. The molecule has 0 unspecified atom stereocenters. The van der Waals surface area contributed by atoms with Crippen molar-refractivity contribution in [2.45, 2.75) is 30.8 Å². The minimum Gasteiger partial charge on any atom is -0.352 e. The van der Waals surface area contributed by atoms with Crippen molar-refractivity contribution in [1.82, 2.24) is 19.9 Å². The van der Waals surface area contributed by atoms with E-state index < -0.39 is 10.0 Å². The van der Waals surface area contributed by atoms with E-state index in [1.807, 2.05) is 12.3 Å². The number of aromatic nitrogens is 1. The Morgan fingerprint density at radius 3 is 2.46 bits per heavy atom. The van der Waals surface area contributed by atoms with Gasteiger partial charge < -0.3 is 5.32 Å². The van der Waals surface area contributed by atoms with Crippen LogP contribution in [0.2, 0.25) is 0 Å². The van der Waals surface area contributed by atoms with E-state index in [2.05, 4.69) is 26.0 Å². The van der Waals surface area contributed by atoms with Gasteiger partial charge in [-0.3, -0.25) is 14.7 Å². The van der Waals surface area contributed by atoms with Gasteiger partial charge in [-0.25, -0.2) is 13.1 Å². The van der Waals surface area contributed by atoms with Crippen molar-refractivity contribution >= 4 is 15.9 Å². The highest BCUT2D eigenvalue weighted by molar-refractivity contribution is 7.89. The molecule has 1 saturated heterocycles. The molecule has 0 atom stereocenters.